The Labute approximate surface area is 348 Å². The van der Waals surface area contributed by atoms with Crippen LogP contribution in [0.3, 0.4) is 0 Å². The van der Waals surface area contributed by atoms with Gasteiger partial charge in [-0.3, -0.25) is 19.4 Å². The molecule has 3 heterocycles. The Morgan fingerprint density at radius 1 is 1.05 bits per heavy atom. The van der Waals surface area contributed by atoms with Gasteiger partial charge in [0, 0.05) is 54.9 Å². The van der Waals surface area contributed by atoms with Crippen molar-refractivity contribution >= 4 is 34.3 Å². The van der Waals surface area contributed by atoms with E-state index in [1.807, 2.05) is 56.3 Å². The molecule has 2 saturated heterocycles. The van der Waals surface area contributed by atoms with Gasteiger partial charge in [0.25, 0.3) is 0 Å². The predicted molar refractivity (Wildman–Crippen MR) is 222 cm³/mol. The van der Waals surface area contributed by atoms with Gasteiger partial charge in [0.2, 0.25) is 5.91 Å². The van der Waals surface area contributed by atoms with Crippen molar-refractivity contribution in [3.63, 3.8) is 0 Å². The zero-order chi connectivity index (χ0) is 43.8. The van der Waals surface area contributed by atoms with Gasteiger partial charge < -0.3 is 60.2 Å². The highest BCUT2D eigenvalue weighted by Crippen LogP contribution is 2.36. The maximum absolute atomic E-state index is 14.4. The Morgan fingerprint density at radius 2 is 1.76 bits per heavy atom. The number of likely N-dealkylation sites (N-methyl/N-ethyl adjacent to an activating group) is 1. The maximum Gasteiger partial charge on any atom is 0.316 e. The first kappa shape index (κ1) is 48.3. The molecule has 0 bridgehead atoms. The van der Waals surface area contributed by atoms with E-state index in [0.29, 0.717) is 19.5 Å². The van der Waals surface area contributed by atoms with Crippen molar-refractivity contribution in [1.82, 2.24) is 20.5 Å². The Morgan fingerprint density at radius 3 is 2.44 bits per heavy atom. The number of hydrogen-bond donors (Lipinski definition) is 7. The average molecular weight is 832 g/mol. The highest BCUT2D eigenvalue weighted by molar-refractivity contribution is 6.00. The van der Waals surface area contributed by atoms with Gasteiger partial charge >= 0.3 is 5.97 Å². The minimum atomic E-state index is -2.04. The lowest BCUT2D eigenvalue weighted by Gasteiger charge is -2.47. The van der Waals surface area contributed by atoms with E-state index in [1.54, 1.807) is 33.9 Å². The second-order valence-electron chi connectivity index (χ2n) is 17.3. The van der Waals surface area contributed by atoms with Crippen molar-refractivity contribution in [3.8, 4) is 0 Å². The van der Waals surface area contributed by atoms with Gasteiger partial charge in [-0.1, -0.05) is 26.8 Å². The number of carbonyl (C=O) groups excluding carboxylic acids is 3. The second-order valence-corrected chi connectivity index (χ2v) is 17.3. The van der Waals surface area contributed by atoms with Crippen molar-refractivity contribution < 1.29 is 53.8 Å². The van der Waals surface area contributed by atoms with Crippen LogP contribution in [0.25, 0.3) is 10.9 Å². The van der Waals surface area contributed by atoms with Gasteiger partial charge in [0.15, 0.2) is 12.1 Å². The second kappa shape index (κ2) is 21.0. The topological polar surface area (TPSA) is 221 Å². The number of carbonyl (C=O) groups is 3. The average Bonchev–Trinajstić information content (AvgIpc) is 3.19. The molecule has 0 aliphatic carbocycles. The third-order valence-corrected chi connectivity index (χ3v) is 11.9. The molecular weight excluding hydrogens is 762 g/mol. The zero-order valence-electron chi connectivity index (χ0n) is 36.4. The number of nitrogens with zero attached hydrogens (tertiary/aromatic N) is 2. The number of fused-ring (bicyclic) bond motifs is 1. The fraction of sp³-hybridized carbons (Fsp3) is 0.721. The van der Waals surface area contributed by atoms with Crippen molar-refractivity contribution in [2.24, 2.45) is 17.8 Å². The SMILES string of the molecule is CC[C@H]1OC(=O)[C@H](C)C(=O)[C@H](C)[C@@H](O[C@@H]2O[C@H](C)C[C@H](N(C)C)[C@H]2O)[C@](C)(OC[C@H](O)CNCCNc2ccc3ncccc3c2)C[C@@H](C)NC(=O)[C@H](C)[C@@H](O)[C@]1(C)O. The lowest BCUT2D eigenvalue weighted by molar-refractivity contribution is -0.298. The molecule has 0 radical (unpaired) electrons. The molecule has 2 fully saturated rings. The van der Waals surface area contributed by atoms with Gasteiger partial charge in [0.1, 0.15) is 23.7 Å². The molecule has 4 rings (SSSR count). The molecule has 1 amide bonds. The summed E-state index contributed by atoms with van der Waals surface area (Å²) < 4.78 is 25.1. The Hall–Kier alpha value is -3.32. The first-order chi connectivity index (χ1) is 27.7. The van der Waals surface area contributed by atoms with Gasteiger partial charge in [-0.05, 0) is 92.2 Å². The molecular formula is C43H69N5O11. The molecule has 2 aromatic rings. The van der Waals surface area contributed by atoms with Crippen molar-refractivity contribution in [1.29, 1.82) is 0 Å². The van der Waals surface area contributed by atoms with Crippen LogP contribution in [-0.2, 0) is 33.3 Å². The van der Waals surface area contributed by atoms with E-state index in [-0.39, 0.29) is 38.1 Å². The van der Waals surface area contributed by atoms with Crippen LogP contribution in [0, 0.1) is 17.8 Å². The molecule has 2 aliphatic heterocycles. The highest BCUT2D eigenvalue weighted by atomic mass is 16.7. The van der Waals surface area contributed by atoms with E-state index in [1.165, 1.54) is 20.8 Å². The van der Waals surface area contributed by atoms with Crippen LogP contribution in [0.4, 0.5) is 5.69 Å². The summed E-state index contributed by atoms with van der Waals surface area (Å²) in [5.74, 6) is -5.64. The first-order valence-electron chi connectivity index (χ1n) is 20.9. The van der Waals surface area contributed by atoms with Crippen LogP contribution in [0.15, 0.2) is 36.5 Å². The number of Topliss-reactive ketones (excluding diaryl/α,β-unsaturated/α-hetero) is 1. The van der Waals surface area contributed by atoms with Crippen LogP contribution in [-0.4, -0.2) is 155 Å². The molecule has 1 aromatic carbocycles. The summed E-state index contributed by atoms with van der Waals surface area (Å²) in [6.07, 6.45) is -5.37. The summed E-state index contributed by atoms with van der Waals surface area (Å²) in [6.45, 7) is 13.8. The van der Waals surface area contributed by atoms with E-state index in [9.17, 15) is 34.8 Å². The van der Waals surface area contributed by atoms with Gasteiger partial charge in [-0.15, -0.1) is 0 Å². The van der Waals surface area contributed by atoms with Gasteiger partial charge in [-0.25, -0.2) is 0 Å². The molecule has 332 valence electrons. The van der Waals surface area contributed by atoms with Crippen LogP contribution in [0.5, 0.6) is 0 Å². The Balaban J connectivity index is 1.61. The summed E-state index contributed by atoms with van der Waals surface area (Å²) in [5.41, 5.74) is -1.66. The summed E-state index contributed by atoms with van der Waals surface area (Å²) in [7, 11) is 3.69. The number of hydrogen-bond acceptors (Lipinski definition) is 15. The van der Waals surface area contributed by atoms with E-state index in [0.717, 1.165) is 16.6 Å². The standard InChI is InChI=1S/C43H69N5O11/c1-11-34-43(8,55)37(52)28(6)39(53)47-24(2)21-42(7,56-23-31(49)22-44-17-18-45-30-14-15-32-29(20-30)13-12-16-46-32)38(26(4)35(50)27(5)40(54)58-34)59-41-36(51)33(48(9)10)19-25(3)57-41/h12-16,20,24-28,31,33-34,36-38,41,44-45,49,51-52,55H,11,17-19,21-23H2,1-10H3,(H,47,53)/t24-,25-,26+,27-,28-,31-,33+,34-,36-,37-,38-,41+,42-,43-/m1/s1. The molecule has 59 heavy (non-hydrogen) atoms. The fourth-order valence-electron chi connectivity index (χ4n) is 8.33. The molecule has 2 aliphatic rings. The third kappa shape index (κ3) is 12.2. The molecule has 0 saturated carbocycles. The largest absolute Gasteiger partial charge is 0.459 e. The molecule has 1 aromatic heterocycles. The molecule has 0 spiro atoms. The highest BCUT2D eigenvalue weighted by Gasteiger charge is 2.51. The summed E-state index contributed by atoms with van der Waals surface area (Å²) in [5, 5.41) is 56.0. The van der Waals surface area contributed by atoms with Crippen molar-refractivity contribution in [2.45, 2.75) is 141 Å². The molecule has 0 unspecified atom stereocenters. The molecule has 7 N–H and O–H groups in total. The minimum Gasteiger partial charge on any atom is -0.459 e. The number of cyclic esters (lactones) is 1. The summed E-state index contributed by atoms with van der Waals surface area (Å²) >= 11 is 0. The minimum absolute atomic E-state index is 0.0253. The van der Waals surface area contributed by atoms with Crippen LogP contribution < -0.4 is 16.0 Å². The predicted octanol–water partition coefficient (Wildman–Crippen LogP) is 2.00. The first-order valence-corrected chi connectivity index (χ1v) is 20.9. The maximum atomic E-state index is 14.4. The number of ketones is 1. The normalized spacial score (nSPS) is 36.1. The quantitative estimate of drug-likeness (QED) is 0.0872. The number of benzene rings is 1. The number of aliphatic hydroxyl groups excluding tert-OH is 3. The molecule has 16 heteroatoms. The number of anilines is 1. The van der Waals surface area contributed by atoms with E-state index >= 15 is 0 Å². The summed E-state index contributed by atoms with van der Waals surface area (Å²) in [4.78, 5) is 47.9. The number of esters is 1. The van der Waals surface area contributed by atoms with Gasteiger partial charge in [0.05, 0.1) is 48.1 Å². The third-order valence-electron chi connectivity index (χ3n) is 11.9. The Bertz CT molecular complexity index is 1700. The Kier molecular flexibility index (Phi) is 17.2. The van der Waals surface area contributed by atoms with Crippen LogP contribution >= 0.6 is 0 Å². The van der Waals surface area contributed by atoms with Crippen LogP contribution in [0.2, 0.25) is 0 Å². The number of ether oxygens (including phenoxy) is 4. The lowest BCUT2D eigenvalue weighted by Crippen LogP contribution is -2.60. The van der Waals surface area contributed by atoms with Crippen molar-refractivity contribution in [2.75, 3.05) is 45.7 Å². The lowest BCUT2D eigenvalue weighted by atomic mass is 9.79. The molecule has 14 atom stereocenters. The zero-order valence-corrected chi connectivity index (χ0v) is 36.4. The molecule has 16 nitrogen and oxygen atoms in total. The summed E-state index contributed by atoms with van der Waals surface area (Å²) in [6, 6.07) is 8.79. The van der Waals surface area contributed by atoms with E-state index < -0.39 is 89.5 Å². The number of nitrogens with one attached hydrogen (secondary N) is 3. The number of aromatic nitrogens is 1. The monoisotopic (exact) mass is 831 g/mol. The van der Waals surface area contributed by atoms with E-state index in [2.05, 4.69) is 20.9 Å². The van der Waals surface area contributed by atoms with Crippen molar-refractivity contribution in [3.05, 3.63) is 36.5 Å². The number of aliphatic hydroxyl groups is 4. The number of amides is 1. The van der Waals surface area contributed by atoms with E-state index in [4.69, 9.17) is 18.9 Å². The fourth-order valence-corrected chi connectivity index (χ4v) is 8.33. The number of pyridine rings is 1. The number of rotatable bonds is 13. The van der Waals surface area contributed by atoms with Crippen LogP contribution in [0.1, 0.15) is 74.7 Å². The van der Waals surface area contributed by atoms with Gasteiger partial charge in [-0.2, -0.15) is 0 Å². The smallest absolute Gasteiger partial charge is 0.316 e.